The molecule has 2 N–H and O–H groups in total. The third-order valence-corrected chi connectivity index (χ3v) is 5.33. The first kappa shape index (κ1) is 13.4. The number of hydrogen-bond acceptors (Lipinski definition) is 4. The minimum absolute atomic E-state index is 0.0243. The fourth-order valence-corrected chi connectivity index (χ4v) is 4.08. The molecule has 0 aromatic heterocycles. The Bertz CT molecular complexity index is 508. The van der Waals surface area contributed by atoms with E-state index in [-0.39, 0.29) is 17.8 Å². The molecule has 1 saturated heterocycles. The van der Waals surface area contributed by atoms with Crippen molar-refractivity contribution < 1.29 is 8.42 Å². The molecular weight excluding hydrogens is 248 g/mol. The number of hydrogen-bond donors (Lipinski definition) is 1. The standard InChI is InChI=1S/C13H20N2O2S/c1-10(14)11-3-5-12(6-4-11)15(2)13-7-8-18(16,17)9-13/h3-6,10,13H,7-9,14H2,1-2H3. The van der Waals surface area contributed by atoms with Crippen molar-refractivity contribution in [2.75, 3.05) is 23.5 Å². The third kappa shape index (κ3) is 2.84. The monoisotopic (exact) mass is 268 g/mol. The second kappa shape index (κ2) is 4.90. The van der Waals surface area contributed by atoms with E-state index in [0.29, 0.717) is 12.2 Å². The van der Waals surface area contributed by atoms with Crippen LogP contribution >= 0.6 is 0 Å². The van der Waals surface area contributed by atoms with Crippen LogP contribution in [-0.4, -0.2) is 33.0 Å². The van der Waals surface area contributed by atoms with Gasteiger partial charge < -0.3 is 10.6 Å². The van der Waals surface area contributed by atoms with Gasteiger partial charge in [0.25, 0.3) is 0 Å². The van der Waals surface area contributed by atoms with Gasteiger partial charge in [-0.15, -0.1) is 0 Å². The van der Waals surface area contributed by atoms with E-state index in [9.17, 15) is 8.42 Å². The van der Waals surface area contributed by atoms with Gasteiger partial charge in [-0.1, -0.05) is 12.1 Å². The molecule has 5 heteroatoms. The van der Waals surface area contributed by atoms with Gasteiger partial charge in [0, 0.05) is 24.8 Å². The van der Waals surface area contributed by atoms with E-state index in [2.05, 4.69) is 4.90 Å². The second-order valence-corrected chi connectivity index (χ2v) is 7.28. The van der Waals surface area contributed by atoms with Crippen LogP contribution < -0.4 is 10.6 Å². The Labute approximate surface area is 109 Å². The molecule has 0 radical (unpaired) electrons. The lowest BCUT2D eigenvalue weighted by atomic mass is 10.1. The van der Waals surface area contributed by atoms with Gasteiger partial charge in [-0.25, -0.2) is 8.42 Å². The van der Waals surface area contributed by atoms with Crippen molar-refractivity contribution >= 4 is 15.5 Å². The molecule has 0 aliphatic carbocycles. The van der Waals surface area contributed by atoms with Crippen LogP contribution in [0.1, 0.15) is 24.9 Å². The first-order valence-corrected chi connectivity index (χ1v) is 8.00. The van der Waals surface area contributed by atoms with Gasteiger partial charge in [0.1, 0.15) is 0 Å². The first-order chi connectivity index (χ1) is 8.39. The van der Waals surface area contributed by atoms with E-state index in [1.165, 1.54) is 0 Å². The van der Waals surface area contributed by atoms with Crippen LogP contribution in [0, 0.1) is 0 Å². The van der Waals surface area contributed by atoms with Gasteiger partial charge in [0.05, 0.1) is 11.5 Å². The fourth-order valence-electron chi connectivity index (χ4n) is 2.30. The Kier molecular flexibility index (Phi) is 3.64. The smallest absolute Gasteiger partial charge is 0.152 e. The summed E-state index contributed by atoms with van der Waals surface area (Å²) in [6, 6.07) is 8.13. The molecule has 0 spiro atoms. The molecule has 4 nitrogen and oxygen atoms in total. The second-order valence-electron chi connectivity index (χ2n) is 5.05. The fraction of sp³-hybridized carbons (Fsp3) is 0.538. The summed E-state index contributed by atoms with van der Waals surface area (Å²) in [6.45, 7) is 1.95. The summed E-state index contributed by atoms with van der Waals surface area (Å²) in [7, 11) is -0.881. The third-order valence-electron chi connectivity index (χ3n) is 3.58. The van der Waals surface area contributed by atoms with E-state index in [1.54, 1.807) is 0 Å². The maximum Gasteiger partial charge on any atom is 0.152 e. The van der Waals surface area contributed by atoms with Crippen LogP contribution in [0.25, 0.3) is 0 Å². The zero-order chi connectivity index (χ0) is 13.3. The zero-order valence-corrected chi connectivity index (χ0v) is 11.7. The highest BCUT2D eigenvalue weighted by atomic mass is 32.2. The van der Waals surface area contributed by atoms with Gasteiger partial charge in [-0.2, -0.15) is 0 Å². The summed E-state index contributed by atoms with van der Waals surface area (Å²) in [6.07, 6.45) is 0.716. The average Bonchev–Trinajstić information content (AvgIpc) is 2.69. The van der Waals surface area contributed by atoms with Crippen molar-refractivity contribution in [1.29, 1.82) is 0 Å². The zero-order valence-electron chi connectivity index (χ0n) is 10.8. The Morgan fingerprint density at radius 1 is 1.33 bits per heavy atom. The molecule has 18 heavy (non-hydrogen) atoms. The lowest BCUT2D eigenvalue weighted by Crippen LogP contribution is -2.32. The lowest BCUT2D eigenvalue weighted by molar-refractivity contribution is 0.601. The van der Waals surface area contributed by atoms with Crippen LogP contribution in [0.5, 0.6) is 0 Å². The number of nitrogens with zero attached hydrogens (tertiary/aromatic N) is 1. The van der Waals surface area contributed by atoms with Crippen LogP contribution in [0.4, 0.5) is 5.69 Å². The maximum absolute atomic E-state index is 11.5. The average molecular weight is 268 g/mol. The molecule has 100 valence electrons. The van der Waals surface area contributed by atoms with Crippen molar-refractivity contribution in [1.82, 2.24) is 0 Å². The lowest BCUT2D eigenvalue weighted by Gasteiger charge is -2.26. The molecule has 1 aromatic carbocycles. The van der Waals surface area contributed by atoms with Gasteiger partial charge in [-0.05, 0) is 31.0 Å². The molecular formula is C13H20N2O2S. The predicted octanol–water partition coefficient (Wildman–Crippen LogP) is 1.33. The van der Waals surface area contributed by atoms with Gasteiger partial charge >= 0.3 is 0 Å². The summed E-state index contributed by atoms with van der Waals surface area (Å²) in [5.74, 6) is 0.568. The highest BCUT2D eigenvalue weighted by molar-refractivity contribution is 7.91. The van der Waals surface area contributed by atoms with Crippen molar-refractivity contribution in [2.45, 2.75) is 25.4 Å². The minimum atomic E-state index is -2.83. The molecule has 1 aliphatic heterocycles. The number of benzene rings is 1. The summed E-state index contributed by atoms with van der Waals surface area (Å²) in [5, 5.41) is 0. The van der Waals surface area contributed by atoms with Crippen LogP contribution in [-0.2, 0) is 9.84 Å². The Hall–Kier alpha value is -1.07. The largest absolute Gasteiger partial charge is 0.371 e. The van der Waals surface area contributed by atoms with Crippen LogP contribution in [0.3, 0.4) is 0 Å². The molecule has 2 atom stereocenters. The topological polar surface area (TPSA) is 63.4 Å². The number of sulfone groups is 1. The quantitative estimate of drug-likeness (QED) is 0.898. The van der Waals surface area contributed by atoms with Gasteiger partial charge in [0.2, 0.25) is 0 Å². The first-order valence-electron chi connectivity index (χ1n) is 6.18. The summed E-state index contributed by atoms with van der Waals surface area (Å²) < 4.78 is 23.0. The molecule has 2 rings (SSSR count). The predicted molar refractivity (Wildman–Crippen MR) is 74.5 cm³/mol. The van der Waals surface area contributed by atoms with Crippen LogP contribution in [0.2, 0.25) is 0 Å². The van der Waals surface area contributed by atoms with Crippen LogP contribution in [0.15, 0.2) is 24.3 Å². The Balaban J connectivity index is 2.12. The number of anilines is 1. The van der Waals surface area contributed by atoms with Gasteiger partial charge in [-0.3, -0.25) is 0 Å². The van der Waals surface area contributed by atoms with E-state index in [1.807, 2.05) is 38.2 Å². The molecule has 1 heterocycles. The SMILES string of the molecule is CC(N)c1ccc(N(C)C2CCS(=O)(=O)C2)cc1. The van der Waals surface area contributed by atoms with Gasteiger partial charge in [0.15, 0.2) is 9.84 Å². The molecule has 1 fully saturated rings. The molecule has 0 amide bonds. The Morgan fingerprint density at radius 3 is 2.39 bits per heavy atom. The van der Waals surface area contributed by atoms with E-state index in [0.717, 1.165) is 11.3 Å². The summed E-state index contributed by atoms with van der Waals surface area (Å²) >= 11 is 0. The van der Waals surface area contributed by atoms with E-state index in [4.69, 9.17) is 5.73 Å². The van der Waals surface area contributed by atoms with E-state index < -0.39 is 9.84 Å². The summed E-state index contributed by atoms with van der Waals surface area (Å²) in [5.41, 5.74) is 7.94. The molecule has 1 aromatic rings. The highest BCUT2D eigenvalue weighted by Gasteiger charge is 2.30. The minimum Gasteiger partial charge on any atom is -0.371 e. The Morgan fingerprint density at radius 2 is 1.94 bits per heavy atom. The normalized spacial score (nSPS) is 23.8. The molecule has 2 unspecified atom stereocenters. The maximum atomic E-state index is 11.5. The highest BCUT2D eigenvalue weighted by Crippen LogP contribution is 2.24. The van der Waals surface area contributed by atoms with Crippen molar-refractivity contribution in [3.8, 4) is 0 Å². The molecule has 0 saturated carbocycles. The van der Waals surface area contributed by atoms with Crippen molar-refractivity contribution in [3.63, 3.8) is 0 Å². The molecule has 0 bridgehead atoms. The number of rotatable bonds is 3. The van der Waals surface area contributed by atoms with Crippen molar-refractivity contribution in [2.24, 2.45) is 5.73 Å². The summed E-state index contributed by atoms with van der Waals surface area (Å²) in [4.78, 5) is 2.05. The number of nitrogens with two attached hydrogens (primary N) is 1. The van der Waals surface area contributed by atoms with E-state index >= 15 is 0 Å². The molecule has 1 aliphatic rings. The van der Waals surface area contributed by atoms with Crippen molar-refractivity contribution in [3.05, 3.63) is 29.8 Å².